The SMILES string of the molecule is CCOCCN(C)C(=O)c1cccc([N+](=O)[O-])c1Cl. The fourth-order valence-corrected chi connectivity index (χ4v) is 1.75. The van der Waals surface area contributed by atoms with Gasteiger partial charge in [-0.25, -0.2) is 0 Å². The van der Waals surface area contributed by atoms with Crippen molar-refractivity contribution in [3.05, 3.63) is 38.9 Å². The molecule has 19 heavy (non-hydrogen) atoms. The highest BCUT2D eigenvalue weighted by Crippen LogP contribution is 2.28. The van der Waals surface area contributed by atoms with Crippen LogP contribution in [0, 0.1) is 10.1 Å². The lowest BCUT2D eigenvalue weighted by atomic mass is 10.1. The number of carbonyl (C=O) groups excluding carboxylic acids is 1. The van der Waals surface area contributed by atoms with E-state index < -0.39 is 4.92 Å². The fraction of sp³-hybridized carbons (Fsp3) is 0.417. The van der Waals surface area contributed by atoms with E-state index in [4.69, 9.17) is 16.3 Å². The average molecular weight is 287 g/mol. The lowest BCUT2D eigenvalue weighted by Gasteiger charge is -2.17. The fourth-order valence-electron chi connectivity index (χ4n) is 1.48. The van der Waals surface area contributed by atoms with Gasteiger partial charge in [-0.2, -0.15) is 0 Å². The molecule has 104 valence electrons. The Morgan fingerprint density at radius 2 is 2.21 bits per heavy atom. The molecule has 1 rings (SSSR count). The van der Waals surface area contributed by atoms with Crippen molar-refractivity contribution in [2.24, 2.45) is 0 Å². The van der Waals surface area contributed by atoms with Crippen LogP contribution in [0.1, 0.15) is 17.3 Å². The summed E-state index contributed by atoms with van der Waals surface area (Å²) in [5, 5.41) is 10.6. The summed E-state index contributed by atoms with van der Waals surface area (Å²) < 4.78 is 5.15. The van der Waals surface area contributed by atoms with E-state index in [9.17, 15) is 14.9 Å². The predicted octanol–water partition coefficient (Wildman–Crippen LogP) is 2.36. The molecular weight excluding hydrogens is 272 g/mol. The highest BCUT2D eigenvalue weighted by Gasteiger charge is 2.21. The number of ether oxygens (including phenoxy) is 1. The van der Waals surface area contributed by atoms with E-state index in [0.717, 1.165) is 0 Å². The van der Waals surface area contributed by atoms with Crippen molar-refractivity contribution >= 4 is 23.2 Å². The lowest BCUT2D eigenvalue weighted by Crippen LogP contribution is -2.30. The maximum Gasteiger partial charge on any atom is 0.288 e. The van der Waals surface area contributed by atoms with Crippen LogP contribution < -0.4 is 0 Å². The van der Waals surface area contributed by atoms with Crippen LogP contribution in [0.15, 0.2) is 18.2 Å². The molecule has 0 spiro atoms. The number of likely N-dealkylation sites (N-methyl/N-ethyl adjacent to an activating group) is 1. The van der Waals surface area contributed by atoms with Gasteiger partial charge in [0.25, 0.3) is 11.6 Å². The van der Waals surface area contributed by atoms with Gasteiger partial charge in [0, 0.05) is 26.3 Å². The van der Waals surface area contributed by atoms with Gasteiger partial charge in [0.05, 0.1) is 17.1 Å². The monoisotopic (exact) mass is 286 g/mol. The molecule has 1 amide bonds. The summed E-state index contributed by atoms with van der Waals surface area (Å²) in [5.74, 6) is -0.367. The Kier molecular flexibility index (Phi) is 5.72. The molecule has 0 aliphatic heterocycles. The predicted molar refractivity (Wildman–Crippen MR) is 71.6 cm³/mol. The zero-order valence-corrected chi connectivity index (χ0v) is 11.5. The Balaban J connectivity index is 2.88. The van der Waals surface area contributed by atoms with E-state index in [1.807, 2.05) is 6.92 Å². The number of hydrogen-bond donors (Lipinski definition) is 0. The molecule has 0 saturated carbocycles. The van der Waals surface area contributed by atoms with Crippen LogP contribution in [-0.4, -0.2) is 42.5 Å². The number of nitro groups is 1. The summed E-state index contributed by atoms with van der Waals surface area (Å²) in [4.78, 5) is 23.7. The second kappa shape index (κ2) is 7.06. The van der Waals surface area contributed by atoms with E-state index in [1.165, 1.54) is 23.1 Å². The first-order valence-electron chi connectivity index (χ1n) is 5.75. The summed E-state index contributed by atoms with van der Waals surface area (Å²) in [6, 6.07) is 4.17. The van der Waals surface area contributed by atoms with Crippen molar-refractivity contribution in [3.8, 4) is 0 Å². The minimum Gasteiger partial charge on any atom is -0.380 e. The highest BCUT2D eigenvalue weighted by molar-refractivity contribution is 6.35. The van der Waals surface area contributed by atoms with Crippen LogP contribution in [0.4, 0.5) is 5.69 Å². The van der Waals surface area contributed by atoms with Gasteiger partial charge in [-0.15, -0.1) is 0 Å². The average Bonchev–Trinajstić information content (AvgIpc) is 2.38. The first-order valence-corrected chi connectivity index (χ1v) is 6.13. The minimum absolute atomic E-state index is 0.120. The third-order valence-corrected chi connectivity index (χ3v) is 2.92. The Bertz CT molecular complexity index is 479. The van der Waals surface area contributed by atoms with Gasteiger partial charge in [0.2, 0.25) is 0 Å². The zero-order valence-electron chi connectivity index (χ0n) is 10.8. The second-order valence-corrected chi connectivity index (χ2v) is 4.20. The Labute approximate surface area is 116 Å². The molecule has 0 heterocycles. The topological polar surface area (TPSA) is 72.7 Å². The van der Waals surface area contributed by atoms with Crippen molar-refractivity contribution < 1.29 is 14.5 Å². The Morgan fingerprint density at radius 1 is 1.53 bits per heavy atom. The number of nitrogens with zero attached hydrogens (tertiary/aromatic N) is 2. The van der Waals surface area contributed by atoms with E-state index in [2.05, 4.69) is 0 Å². The normalized spacial score (nSPS) is 10.3. The third-order valence-electron chi connectivity index (χ3n) is 2.53. The summed E-state index contributed by atoms with van der Waals surface area (Å²) >= 11 is 5.88. The minimum atomic E-state index is -0.612. The Morgan fingerprint density at radius 3 is 2.79 bits per heavy atom. The van der Waals surface area contributed by atoms with Crippen molar-refractivity contribution in [2.75, 3.05) is 26.8 Å². The number of hydrogen-bond acceptors (Lipinski definition) is 4. The molecule has 0 unspecified atom stereocenters. The van der Waals surface area contributed by atoms with Crippen LogP contribution in [0.25, 0.3) is 0 Å². The first-order chi connectivity index (χ1) is 8.99. The number of halogens is 1. The molecule has 0 atom stereocenters. The van der Waals surface area contributed by atoms with Gasteiger partial charge in [-0.3, -0.25) is 14.9 Å². The highest BCUT2D eigenvalue weighted by atomic mass is 35.5. The van der Waals surface area contributed by atoms with Gasteiger partial charge in [0.1, 0.15) is 5.02 Å². The maximum atomic E-state index is 12.1. The number of nitro benzene ring substituents is 1. The number of carbonyl (C=O) groups is 1. The van der Waals surface area contributed by atoms with Crippen molar-refractivity contribution in [2.45, 2.75) is 6.92 Å². The van der Waals surface area contributed by atoms with E-state index in [0.29, 0.717) is 19.8 Å². The quantitative estimate of drug-likeness (QED) is 0.457. The van der Waals surface area contributed by atoms with Crippen molar-refractivity contribution in [1.82, 2.24) is 4.90 Å². The van der Waals surface area contributed by atoms with Crippen LogP contribution >= 0.6 is 11.6 Å². The van der Waals surface area contributed by atoms with Gasteiger partial charge in [-0.1, -0.05) is 17.7 Å². The van der Waals surface area contributed by atoms with Gasteiger partial charge >= 0.3 is 0 Å². The molecule has 1 aromatic carbocycles. The van der Waals surface area contributed by atoms with E-state index in [1.54, 1.807) is 7.05 Å². The molecule has 0 fully saturated rings. The van der Waals surface area contributed by atoms with Crippen LogP contribution in [0.2, 0.25) is 5.02 Å². The zero-order chi connectivity index (χ0) is 14.4. The lowest BCUT2D eigenvalue weighted by molar-refractivity contribution is -0.384. The van der Waals surface area contributed by atoms with Gasteiger partial charge < -0.3 is 9.64 Å². The van der Waals surface area contributed by atoms with Crippen LogP contribution in [0.5, 0.6) is 0 Å². The molecule has 0 bridgehead atoms. The van der Waals surface area contributed by atoms with Crippen LogP contribution in [0.3, 0.4) is 0 Å². The molecular formula is C12H15ClN2O4. The second-order valence-electron chi connectivity index (χ2n) is 3.82. The van der Waals surface area contributed by atoms with Crippen molar-refractivity contribution in [1.29, 1.82) is 0 Å². The summed E-state index contributed by atoms with van der Waals surface area (Å²) in [6.07, 6.45) is 0. The molecule has 0 aromatic heterocycles. The molecule has 1 aromatic rings. The smallest absolute Gasteiger partial charge is 0.288 e. The number of benzene rings is 1. The van der Waals surface area contributed by atoms with E-state index in [-0.39, 0.29) is 22.2 Å². The molecule has 0 N–H and O–H groups in total. The third kappa shape index (κ3) is 3.90. The molecule has 0 radical (unpaired) electrons. The van der Waals surface area contributed by atoms with Crippen molar-refractivity contribution in [3.63, 3.8) is 0 Å². The molecule has 6 nitrogen and oxygen atoms in total. The first kappa shape index (κ1) is 15.4. The summed E-state index contributed by atoms with van der Waals surface area (Å²) in [7, 11) is 1.59. The number of amides is 1. The summed E-state index contributed by atoms with van der Waals surface area (Å²) in [6.45, 7) is 3.23. The van der Waals surface area contributed by atoms with E-state index >= 15 is 0 Å². The number of rotatable bonds is 6. The van der Waals surface area contributed by atoms with Gasteiger partial charge in [-0.05, 0) is 13.0 Å². The molecule has 0 saturated heterocycles. The maximum absolute atomic E-state index is 12.1. The summed E-state index contributed by atoms with van der Waals surface area (Å²) in [5.41, 5.74) is -0.152. The molecule has 0 aliphatic rings. The van der Waals surface area contributed by atoms with Gasteiger partial charge in [0.15, 0.2) is 0 Å². The van der Waals surface area contributed by atoms with Crippen LogP contribution in [-0.2, 0) is 4.74 Å². The molecule has 7 heteroatoms. The molecule has 0 aliphatic carbocycles. The standard InChI is InChI=1S/C12H15ClN2O4/c1-3-19-8-7-14(2)12(16)9-5-4-6-10(11(9)13)15(17)18/h4-6H,3,7-8H2,1-2H3. The Hall–Kier alpha value is -1.66. The largest absolute Gasteiger partial charge is 0.380 e.